The molecule has 4 N–H and O–H groups in total. The second kappa shape index (κ2) is 36.6. The van der Waals surface area contributed by atoms with Crippen molar-refractivity contribution in [2.24, 2.45) is 0 Å². The van der Waals surface area contributed by atoms with E-state index in [1.165, 1.54) is 0 Å². The molecule has 0 saturated carbocycles. The summed E-state index contributed by atoms with van der Waals surface area (Å²) >= 11 is 26.1. The third-order valence-corrected chi connectivity index (χ3v) is 14.1. The number of anilines is 2. The molecular weight excluding hydrogens is 1230 g/mol. The standard InChI is InChI=1S/C56H64Cl4N10O6.5ClH/c1-69-33-45(43-25-41(57)27-49(59)47(43)35-69)37-5-3-7-39(23-37)51-29-61-31-53(67-51)63-11-15-73-19-21-75-17-13-65-55(71)9-10-56(72)66-14-18-76-22-20-74-16-12-64-54-32-62-30-52(68-54)40-8-4-6-38(24-40)46-34-70(2)36-48-44(46)26-42(58)28-50(48)60;;;;;/h3-8,23-32,45-46H,9-22,33-36H2,1-2H3,(H,63,67)(H,64,68)(H,65,71)(H,66,72);5*1H/t45-,46-;;;;;/m0...../s1. The van der Waals surface area contributed by atoms with Crippen molar-refractivity contribution in [3.63, 3.8) is 0 Å². The first-order valence-electron chi connectivity index (χ1n) is 25.5. The van der Waals surface area contributed by atoms with Gasteiger partial charge in [-0.2, -0.15) is 0 Å². The first-order valence-corrected chi connectivity index (χ1v) is 27.0. The highest BCUT2D eigenvalue weighted by Crippen LogP contribution is 2.41. The molecule has 16 nitrogen and oxygen atoms in total. The number of hydrogen-bond acceptors (Lipinski definition) is 14. The molecule has 0 spiro atoms. The molecule has 25 heteroatoms. The highest BCUT2D eigenvalue weighted by molar-refractivity contribution is 6.35. The number of aromatic nitrogens is 4. The van der Waals surface area contributed by atoms with Crippen LogP contribution >= 0.6 is 108 Å². The van der Waals surface area contributed by atoms with Gasteiger partial charge in [0.05, 0.1) is 89.0 Å². The third-order valence-electron chi connectivity index (χ3n) is 13.0. The SMILES string of the molecule is CN1Cc2c(Cl)cc(Cl)cc2[C@H](c2cccc(-c3cncc(NCCOCCOCCNC(=O)CCC(=O)NCCOCCOCCNc4cncc(-c5cccc([C@@H]6CN(C)Cc7c(Cl)cc(Cl)cc76)c5)n4)n3)c2)C1.Cl.Cl.Cl.Cl.Cl. The minimum absolute atomic E-state index is 0. The van der Waals surface area contributed by atoms with Gasteiger partial charge >= 0.3 is 0 Å². The molecule has 2 aliphatic rings. The predicted molar refractivity (Wildman–Crippen MR) is 336 cm³/mol. The molecule has 81 heavy (non-hydrogen) atoms. The van der Waals surface area contributed by atoms with Gasteiger partial charge in [-0.3, -0.25) is 19.6 Å². The summed E-state index contributed by atoms with van der Waals surface area (Å²) in [5.41, 5.74) is 10.3. The molecule has 2 aliphatic heterocycles. The number of carbonyl (C=O) groups is 2. The molecule has 442 valence electrons. The number of likely N-dealkylation sites (N-methyl/N-ethyl adjacent to an activating group) is 2. The normalized spacial score (nSPS) is 14.5. The third kappa shape index (κ3) is 21.5. The van der Waals surface area contributed by atoms with E-state index < -0.39 is 0 Å². The van der Waals surface area contributed by atoms with Gasteiger partial charge < -0.3 is 50.0 Å². The van der Waals surface area contributed by atoms with Gasteiger partial charge in [-0.25, -0.2) is 9.97 Å². The van der Waals surface area contributed by atoms with Gasteiger partial charge in [0.2, 0.25) is 11.8 Å². The van der Waals surface area contributed by atoms with Crippen molar-refractivity contribution in [2.75, 3.05) is 117 Å². The average Bonchev–Trinajstić information content (AvgIpc) is 3.57. The van der Waals surface area contributed by atoms with E-state index in [0.717, 1.165) is 82.1 Å². The van der Waals surface area contributed by atoms with E-state index in [4.69, 9.17) is 75.3 Å². The number of hydrogen-bond donors (Lipinski definition) is 4. The fraction of sp³-hybridized carbons (Fsp3) is 0.393. The Kier molecular flexibility index (Phi) is 32.2. The quantitative estimate of drug-likeness (QED) is 0.0358. The monoisotopic (exact) mass is 1290 g/mol. The van der Waals surface area contributed by atoms with Crippen LogP contribution in [-0.4, -0.2) is 148 Å². The highest BCUT2D eigenvalue weighted by Gasteiger charge is 2.29. The van der Waals surface area contributed by atoms with Crippen LogP contribution in [0.25, 0.3) is 22.5 Å². The topological polar surface area (TPSA) is 177 Å². The molecule has 8 rings (SSSR count). The lowest BCUT2D eigenvalue weighted by Crippen LogP contribution is -2.31. The molecule has 0 fully saturated rings. The number of fused-ring (bicyclic) bond motifs is 2. The minimum atomic E-state index is -0.222. The molecule has 0 radical (unpaired) electrons. The lowest BCUT2D eigenvalue weighted by Gasteiger charge is -2.33. The summed E-state index contributed by atoms with van der Waals surface area (Å²) in [6, 6.07) is 24.4. The lowest BCUT2D eigenvalue weighted by molar-refractivity contribution is -0.126. The van der Waals surface area contributed by atoms with Gasteiger partial charge in [0.25, 0.3) is 0 Å². The molecule has 0 saturated heterocycles. The van der Waals surface area contributed by atoms with Crippen LogP contribution < -0.4 is 21.3 Å². The second-order valence-electron chi connectivity index (χ2n) is 18.7. The molecule has 4 aromatic carbocycles. The Balaban J connectivity index is 0.00000344. The summed E-state index contributed by atoms with van der Waals surface area (Å²) in [5.74, 6) is 1.08. The molecular formula is C56H69Cl9N10O6. The van der Waals surface area contributed by atoms with E-state index in [2.05, 4.69) is 79.4 Å². The van der Waals surface area contributed by atoms with Gasteiger partial charge in [-0.1, -0.05) is 82.8 Å². The van der Waals surface area contributed by atoms with Crippen LogP contribution in [0.2, 0.25) is 20.1 Å². The van der Waals surface area contributed by atoms with Gasteiger partial charge in [0.1, 0.15) is 11.6 Å². The Morgan fingerprint density at radius 2 is 0.901 bits per heavy atom. The van der Waals surface area contributed by atoms with Crippen LogP contribution in [0.3, 0.4) is 0 Å². The van der Waals surface area contributed by atoms with Crippen LogP contribution in [0, 0.1) is 0 Å². The van der Waals surface area contributed by atoms with Crippen LogP contribution in [0.1, 0.15) is 58.1 Å². The first-order chi connectivity index (χ1) is 37.0. The summed E-state index contributed by atoms with van der Waals surface area (Å²) < 4.78 is 22.6. The molecule has 2 aromatic heterocycles. The zero-order valence-corrected chi connectivity index (χ0v) is 51.9. The van der Waals surface area contributed by atoms with E-state index >= 15 is 0 Å². The van der Waals surface area contributed by atoms with Crippen molar-refractivity contribution in [3.8, 4) is 22.5 Å². The molecule has 4 heterocycles. The molecule has 0 unspecified atom stereocenters. The van der Waals surface area contributed by atoms with Crippen molar-refractivity contribution < 1.29 is 28.5 Å². The van der Waals surface area contributed by atoms with Crippen molar-refractivity contribution in [2.45, 2.75) is 37.8 Å². The molecule has 0 aliphatic carbocycles. The molecule has 0 bridgehead atoms. The van der Waals surface area contributed by atoms with Crippen LogP contribution in [-0.2, 0) is 41.6 Å². The van der Waals surface area contributed by atoms with Crippen molar-refractivity contribution >= 4 is 132 Å². The largest absolute Gasteiger partial charge is 0.377 e. The fourth-order valence-corrected chi connectivity index (χ4v) is 10.5. The van der Waals surface area contributed by atoms with E-state index in [1.807, 2.05) is 48.5 Å². The van der Waals surface area contributed by atoms with E-state index in [-0.39, 0.29) is 98.5 Å². The maximum Gasteiger partial charge on any atom is 0.220 e. The van der Waals surface area contributed by atoms with Gasteiger partial charge in [0.15, 0.2) is 0 Å². The number of halogens is 9. The zero-order chi connectivity index (χ0) is 53.2. The maximum atomic E-state index is 12.3. The van der Waals surface area contributed by atoms with Crippen molar-refractivity contribution in [1.82, 2.24) is 40.4 Å². The van der Waals surface area contributed by atoms with Gasteiger partial charge in [0, 0.05) is 108 Å². The van der Waals surface area contributed by atoms with Crippen LogP contribution in [0.15, 0.2) is 97.6 Å². The van der Waals surface area contributed by atoms with E-state index in [0.29, 0.717) is 111 Å². The fourth-order valence-electron chi connectivity index (χ4n) is 9.35. The van der Waals surface area contributed by atoms with Crippen molar-refractivity contribution in [1.29, 1.82) is 0 Å². The predicted octanol–water partition coefficient (Wildman–Crippen LogP) is 11.1. The number of amides is 2. The van der Waals surface area contributed by atoms with Gasteiger partial charge in [-0.15, -0.1) is 62.0 Å². The lowest BCUT2D eigenvalue weighted by atomic mass is 9.84. The Morgan fingerprint density at radius 1 is 0.519 bits per heavy atom. The minimum Gasteiger partial charge on any atom is -0.377 e. The number of carbonyl (C=O) groups excluding carboxylic acids is 2. The Labute approximate surface area is 525 Å². The Hall–Kier alpha value is -4.05. The Bertz CT molecular complexity index is 2730. The number of rotatable bonds is 27. The summed E-state index contributed by atoms with van der Waals surface area (Å²) in [6.07, 6.45) is 7.05. The highest BCUT2D eigenvalue weighted by atomic mass is 35.5. The number of nitrogens with zero attached hydrogens (tertiary/aromatic N) is 6. The number of ether oxygens (including phenoxy) is 4. The molecule has 6 aromatic rings. The first kappa shape index (κ1) is 71.2. The van der Waals surface area contributed by atoms with Crippen molar-refractivity contribution in [3.05, 3.63) is 151 Å². The van der Waals surface area contributed by atoms with Crippen LogP contribution in [0.4, 0.5) is 11.6 Å². The van der Waals surface area contributed by atoms with E-state index in [1.54, 1.807) is 24.8 Å². The average molecular weight is 1300 g/mol. The summed E-state index contributed by atoms with van der Waals surface area (Å²) in [4.78, 5) is 47.5. The zero-order valence-electron chi connectivity index (χ0n) is 44.8. The summed E-state index contributed by atoms with van der Waals surface area (Å²) in [7, 11) is 4.20. The molecule has 2 amide bonds. The van der Waals surface area contributed by atoms with E-state index in [9.17, 15) is 9.59 Å². The second-order valence-corrected chi connectivity index (χ2v) is 20.4. The number of benzene rings is 4. The maximum absolute atomic E-state index is 12.3. The number of nitrogens with one attached hydrogen (secondary N) is 4. The summed E-state index contributed by atoms with van der Waals surface area (Å²) in [6.45, 7) is 8.07. The summed E-state index contributed by atoms with van der Waals surface area (Å²) in [5, 5.41) is 14.8. The van der Waals surface area contributed by atoms with Crippen LogP contribution in [0.5, 0.6) is 0 Å². The van der Waals surface area contributed by atoms with Gasteiger partial charge in [-0.05, 0) is 83.9 Å². The smallest absolute Gasteiger partial charge is 0.220 e. The molecule has 2 atom stereocenters. The Morgan fingerprint density at radius 3 is 1.30 bits per heavy atom.